The Labute approximate surface area is 151 Å². The van der Waals surface area contributed by atoms with Gasteiger partial charge in [0.25, 0.3) is 0 Å². The van der Waals surface area contributed by atoms with Gasteiger partial charge in [0.15, 0.2) is 0 Å². The molecule has 120 valence electrons. The fourth-order valence-electron chi connectivity index (χ4n) is 2.35. The van der Waals surface area contributed by atoms with Crippen molar-refractivity contribution in [2.24, 2.45) is 0 Å². The molecule has 0 amide bonds. The number of thiophene rings is 1. The standard InChI is InChI=1S/C19H21NS3/c1-16(15-22-17-8-3-2-4-9-17)23-19-11-5-6-12-20(19)14-18-10-7-13-21-18/h2-11,13,16H,12,14-15H2,1H3. The molecular formula is C19H21NS3. The summed E-state index contributed by atoms with van der Waals surface area (Å²) in [7, 11) is 0. The second kappa shape index (κ2) is 8.67. The molecule has 4 heteroatoms. The predicted octanol–water partition coefficient (Wildman–Crippen LogP) is 5.88. The van der Waals surface area contributed by atoms with E-state index >= 15 is 0 Å². The number of rotatable bonds is 7. The summed E-state index contributed by atoms with van der Waals surface area (Å²) in [6.07, 6.45) is 6.68. The van der Waals surface area contributed by atoms with E-state index in [-0.39, 0.29) is 0 Å². The summed E-state index contributed by atoms with van der Waals surface area (Å²) < 4.78 is 0. The highest BCUT2D eigenvalue weighted by molar-refractivity contribution is 8.05. The lowest BCUT2D eigenvalue weighted by Crippen LogP contribution is -2.24. The number of hydrogen-bond acceptors (Lipinski definition) is 4. The summed E-state index contributed by atoms with van der Waals surface area (Å²) in [4.78, 5) is 5.26. The predicted molar refractivity (Wildman–Crippen MR) is 106 cm³/mol. The van der Waals surface area contributed by atoms with Crippen LogP contribution in [0.25, 0.3) is 0 Å². The van der Waals surface area contributed by atoms with Crippen LogP contribution in [-0.2, 0) is 6.54 Å². The average Bonchev–Trinajstić information content (AvgIpc) is 3.09. The van der Waals surface area contributed by atoms with Gasteiger partial charge in [0, 0.05) is 27.3 Å². The molecule has 1 unspecified atom stereocenters. The van der Waals surface area contributed by atoms with E-state index < -0.39 is 0 Å². The van der Waals surface area contributed by atoms with Crippen LogP contribution >= 0.6 is 34.9 Å². The molecule has 0 N–H and O–H groups in total. The lowest BCUT2D eigenvalue weighted by atomic mass is 10.3. The molecule has 1 aliphatic heterocycles. The van der Waals surface area contributed by atoms with Gasteiger partial charge in [-0.25, -0.2) is 0 Å². The van der Waals surface area contributed by atoms with E-state index in [1.807, 2.05) is 34.9 Å². The Morgan fingerprint density at radius 2 is 2.04 bits per heavy atom. The van der Waals surface area contributed by atoms with Crippen molar-refractivity contribution in [1.82, 2.24) is 4.90 Å². The highest BCUT2D eigenvalue weighted by Crippen LogP contribution is 2.32. The van der Waals surface area contributed by atoms with Gasteiger partial charge in [-0.05, 0) is 29.7 Å². The Balaban J connectivity index is 1.54. The molecule has 1 aromatic carbocycles. The molecule has 0 saturated heterocycles. The number of hydrogen-bond donors (Lipinski definition) is 0. The number of thioether (sulfide) groups is 2. The summed E-state index contributed by atoms with van der Waals surface area (Å²) in [5, 5.41) is 4.14. The SMILES string of the molecule is CC(CSc1ccccc1)SC1=CC=CCN1Cc1cccs1. The fourth-order valence-corrected chi connectivity index (χ4v) is 5.18. The highest BCUT2D eigenvalue weighted by atomic mass is 32.2. The van der Waals surface area contributed by atoms with E-state index in [4.69, 9.17) is 0 Å². The first-order valence-corrected chi connectivity index (χ1v) is 10.5. The number of allylic oxidation sites excluding steroid dienone is 2. The third-order valence-corrected chi connectivity index (χ3v) is 7.04. The minimum atomic E-state index is 0.587. The second-order valence-electron chi connectivity index (χ2n) is 5.45. The Morgan fingerprint density at radius 3 is 2.83 bits per heavy atom. The highest BCUT2D eigenvalue weighted by Gasteiger charge is 2.15. The lowest BCUT2D eigenvalue weighted by Gasteiger charge is -2.29. The average molecular weight is 360 g/mol. The van der Waals surface area contributed by atoms with E-state index in [1.165, 1.54) is 14.8 Å². The third-order valence-electron chi connectivity index (χ3n) is 3.49. The van der Waals surface area contributed by atoms with Crippen molar-refractivity contribution < 1.29 is 0 Å². The van der Waals surface area contributed by atoms with E-state index in [1.54, 1.807) is 0 Å². The van der Waals surface area contributed by atoms with Crippen LogP contribution in [0.3, 0.4) is 0 Å². The van der Waals surface area contributed by atoms with Gasteiger partial charge in [-0.3, -0.25) is 0 Å². The van der Waals surface area contributed by atoms with Crippen molar-refractivity contribution >= 4 is 34.9 Å². The van der Waals surface area contributed by atoms with E-state index in [2.05, 4.69) is 77.9 Å². The van der Waals surface area contributed by atoms with Gasteiger partial charge in [0.1, 0.15) is 0 Å². The van der Waals surface area contributed by atoms with Gasteiger partial charge in [-0.15, -0.1) is 34.9 Å². The largest absolute Gasteiger partial charge is 0.357 e. The monoisotopic (exact) mass is 359 g/mol. The first-order chi connectivity index (χ1) is 11.3. The van der Waals surface area contributed by atoms with E-state index in [0.29, 0.717) is 5.25 Å². The lowest BCUT2D eigenvalue weighted by molar-refractivity contribution is 0.398. The minimum Gasteiger partial charge on any atom is -0.357 e. The van der Waals surface area contributed by atoms with Gasteiger partial charge in [0.2, 0.25) is 0 Å². The molecule has 0 bridgehead atoms. The van der Waals surface area contributed by atoms with Crippen molar-refractivity contribution in [2.45, 2.75) is 23.6 Å². The summed E-state index contributed by atoms with van der Waals surface area (Å²) in [6.45, 7) is 4.34. The van der Waals surface area contributed by atoms with Gasteiger partial charge in [-0.2, -0.15) is 0 Å². The quantitative estimate of drug-likeness (QED) is 0.569. The molecule has 23 heavy (non-hydrogen) atoms. The number of nitrogens with zero attached hydrogens (tertiary/aromatic N) is 1. The van der Waals surface area contributed by atoms with Crippen LogP contribution in [0.15, 0.2) is 76.0 Å². The summed E-state index contributed by atoms with van der Waals surface area (Å²) in [5.41, 5.74) is 0. The molecule has 0 spiro atoms. The van der Waals surface area contributed by atoms with Crippen molar-refractivity contribution in [3.05, 3.63) is 76.0 Å². The maximum atomic E-state index is 2.47. The first kappa shape index (κ1) is 16.7. The molecule has 1 atom stereocenters. The first-order valence-electron chi connectivity index (χ1n) is 7.80. The molecule has 3 rings (SSSR count). The normalized spacial score (nSPS) is 15.5. The molecule has 2 aromatic rings. The summed E-state index contributed by atoms with van der Waals surface area (Å²) in [6, 6.07) is 15.0. The molecule has 0 saturated carbocycles. The zero-order valence-electron chi connectivity index (χ0n) is 13.2. The van der Waals surface area contributed by atoms with Crippen LogP contribution in [0, 0.1) is 0 Å². The van der Waals surface area contributed by atoms with Crippen LogP contribution in [0.2, 0.25) is 0 Å². The molecule has 0 radical (unpaired) electrons. The maximum absolute atomic E-state index is 2.47. The second-order valence-corrected chi connectivity index (χ2v) is 9.03. The summed E-state index contributed by atoms with van der Waals surface area (Å²) in [5.74, 6) is 1.13. The molecule has 0 aliphatic carbocycles. The van der Waals surface area contributed by atoms with Crippen LogP contribution < -0.4 is 0 Å². The molecule has 0 fully saturated rings. The molecule has 1 aliphatic rings. The van der Waals surface area contributed by atoms with Crippen LogP contribution in [-0.4, -0.2) is 22.4 Å². The Morgan fingerprint density at radius 1 is 1.17 bits per heavy atom. The molecule has 1 aromatic heterocycles. The van der Waals surface area contributed by atoms with Crippen molar-refractivity contribution in [3.63, 3.8) is 0 Å². The zero-order chi connectivity index (χ0) is 15.9. The van der Waals surface area contributed by atoms with Crippen molar-refractivity contribution in [2.75, 3.05) is 12.3 Å². The Bertz CT molecular complexity index is 647. The Hall–Kier alpha value is -1.10. The van der Waals surface area contributed by atoms with E-state index in [0.717, 1.165) is 18.8 Å². The van der Waals surface area contributed by atoms with Gasteiger partial charge >= 0.3 is 0 Å². The van der Waals surface area contributed by atoms with Crippen molar-refractivity contribution in [1.29, 1.82) is 0 Å². The van der Waals surface area contributed by atoms with Crippen LogP contribution in [0.1, 0.15) is 11.8 Å². The minimum absolute atomic E-state index is 0.587. The van der Waals surface area contributed by atoms with E-state index in [9.17, 15) is 0 Å². The number of benzene rings is 1. The molecule has 1 nitrogen and oxygen atoms in total. The topological polar surface area (TPSA) is 3.24 Å². The van der Waals surface area contributed by atoms with Crippen molar-refractivity contribution in [3.8, 4) is 0 Å². The third kappa shape index (κ3) is 5.20. The van der Waals surface area contributed by atoms with Crippen LogP contribution in [0.5, 0.6) is 0 Å². The van der Waals surface area contributed by atoms with Crippen LogP contribution in [0.4, 0.5) is 0 Å². The smallest absolute Gasteiger partial charge is 0.0716 e. The van der Waals surface area contributed by atoms with Gasteiger partial charge in [0.05, 0.1) is 11.6 Å². The fraction of sp³-hybridized carbons (Fsp3) is 0.263. The Kier molecular flexibility index (Phi) is 6.31. The molecule has 2 heterocycles. The maximum Gasteiger partial charge on any atom is 0.0716 e. The molecular weight excluding hydrogens is 338 g/mol. The zero-order valence-corrected chi connectivity index (χ0v) is 15.7. The summed E-state index contributed by atoms with van der Waals surface area (Å²) >= 11 is 5.77. The van der Waals surface area contributed by atoms with Gasteiger partial charge < -0.3 is 4.90 Å². The van der Waals surface area contributed by atoms with Gasteiger partial charge in [-0.1, -0.05) is 43.3 Å².